The summed E-state index contributed by atoms with van der Waals surface area (Å²) >= 11 is 0. The minimum absolute atomic E-state index is 0.00652. The summed E-state index contributed by atoms with van der Waals surface area (Å²) < 4.78 is 6.14. The second-order valence-corrected chi connectivity index (χ2v) is 13.4. The van der Waals surface area contributed by atoms with Gasteiger partial charge in [-0.15, -0.1) is 0 Å². The molecule has 240 valence electrons. The highest BCUT2D eigenvalue weighted by Crippen LogP contribution is 2.33. The van der Waals surface area contributed by atoms with E-state index in [1.54, 1.807) is 0 Å². The molecule has 0 spiro atoms. The molecule has 7 heteroatoms. The van der Waals surface area contributed by atoms with Crippen LogP contribution in [0.5, 0.6) is 5.75 Å². The van der Waals surface area contributed by atoms with Crippen molar-refractivity contribution in [1.82, 2.24) is 14.7 Å². The van der Waals surface area contributed by atoms with E-state index in [1.807, 2.05) is 29.2 Å². The van der Waals surface area contributed by atoms with Crippen molar-refractivity contribution in [2.75, 3.05) is 57.3 Å². The van der Waals surface area contributed by atoms with Crippen molar-refractivity contribution in [2.45, 2.75) is 91.1 Å². The van der Waals surface area contributed by atoms with Gasteiger partial charge in [0.25, 0.3) is 5.91 Å². The molecule has 44 heavy (non-hydrogen) atoms. The van der Waals surface area contributed by atoms with Gasteiger partial charge in [-0.05, 0) is 95.3 Å². The number of ether oxygens (including phenoxy) is 1. The second-order valence-electron chi connectivity index (χ2n) is 13.4. The molecule has 2 amide bonds. The average Bonchev–Trinajstić information content (AvgIpc) is 3.08. The quantitative estimate of drug-likeness (QED) is 0.361. The SMILES string of the molecule is Cc1cccc2c1N(C(=O)C1CCCCC1)CCCN(C(C)C)CCN(C(=O)c1cccc(OCCN3CCCCC3)c1)C2. The van der Waals surface area contributed by atoms with E-state index >= 15 is 0 Å². The monoisotopic (exact) mass is 602 g/mol. The Labute approximate surface area is 265 Å². The van der Waals surface area contributed by atoms with E-state index in [0.717, 1.165) is 87.4 Å². The summed E-state index contributed by atoms with van der Waals surface area (Å²) in [6.45, 7) is 13.9. The van der Waals surface area contributed by atoms with E-state index in [1.165, 1.54) is 25.7 Å². The molecular formula is C37H54N4O3. The zero-order valence-electron chi connectivity index (χ0n) is 27.4. The van der Waals surface area contributed by atoms with E-state index in [2.05, 4.69) is 53.7 Å². The maximum absolute atomic E-state index is 14.2. The van der Waals surface area contributed by atoms with Crippen LogP contribution in [0.3, 0.4) is 0 Å². The fourth-order valence-electron chi connectivity index (χ4n) is 7.28. The number of carbonyl (C=O) groups excluding carboxylic acids is 2. The Bertz CT molecular complexity index is 1240. The first-order valence-electron chi connectivity index (χ1n) is 17.3. The van der Waals surface area contributed by atoms with Crippen LogP contribution in [0.2, 0.25) is 0 Å². The number of para-hydroxylation sites is 1. The number of hydrogen-bond donors (Lipinski definition) is 0. The fraction of sp³-hybridized carbons (Fsp3) is 0.622. The number of amides is 2. The number of fused-ring (bicyclic) bond motifs is 1. The third kappa shape index (κ3) is 8.42. The standard InChI is InChI=1S/C37H54N4O3/c1-29(2)39-21-12-22-41(37(43)31-14-6-4-7-15-31)35-30(3)13-10-17-33(35)28-40(24-23-39)36(42)32-16-11-18-34(27-32)44-26-25-38-19-8-5-9-20-38/h10-11,13,16-18,27,29,31H,4-9,12,14-15,19-26,28H2,1-3H3. The lowest BCUT2D eigenvalue weighted by molar-refractivity contribution is -0.123. The summed E-state index contributed by atoms with van der Waals surface area (Å²) in [4.78, 5) is 37.3. The van der Waals surface area contributed by atoms with Crippen molar-refractivity contribution in [2.24, 2.45) is 5.92 Å². The summed E-state index contributed by atoms with van der Waals surface area (Å²) in [5.74, 6) is 1.11. The highest BCUT2D eigenvalue weighted by molar-refractivity contribution is 5.97. The van der Waals surface area contributed by atoms with Gasteiger partial charge in [0.15, 0.2) is 0 Å². The maximum Gasteiger partial charge on any atom is 0.254 e. The van der Waals surface area contributed by atoms with E-state index in [-0.39, 0.29) is 17.7 Å². The molecule has 0 bridgehead atoms. The molecule has 3 aliphatic rings. The molecule has 0 unspecified atom stereocenters. The topological polar surface area (TPSA) is 56.3 Å². The third-order valence-corrected chi connectivity index (χ3v) is 9.88. The van der Waals surface area contributed by atoms with Gasteiger partial charge in [0.05, 0.1) is 5.69 Å². The van der Waals surface area contributed by atoms with Crippen LogP contribution in [-0.4, -0.2) is 85.0 Å². The molecule has 1 aliphatic carbocycles. The van der Waals surface area contributed by atoms with Crippen LogP contribution >= 0.6 is 0 Å². The van der Waals surface area contributed by atoms with Gasteiger partial charge in [0.1, 0.15) is 12.4 Å². The molecule has 2 aromatic rings. The molecule has 1 saturated heterocycles. The van der Waals surface area contributed by atoms with Crippen LogP contribution in [0.1, 0.15) is 93.1 Å². The maximum atomic E-state index is 14.2. The number of carbonyl (C=O) groups is 2. The molecule has 0 N–H and O–H groups in total. The number of rotatable bonds is 7. The van der Waals surface area contributed by atoms with Crippen molar-refractivity contribution in [3.8, 4) is 5.75 Å². The summed E-state index contributed by atoms with van der Waals surface area (Å²) in [6, 6.07) is 14.3. The van der Waals surface area contributed by atoms with Crippen LogP contribution in [-0.2, 0) is 11.3 Å². The Morgan fingerprint density at radius 3 is 2.36 bits per heavy atom. The molecule has 0 radical (unpaired) electrons. The first-order chi connectivity index (χ1) is 21.4. The molecular weight excluding hydrogens is 548 g/mol. The largest absolute Gasteiger partial charge is 0.492 e. The minimum atomic E-state index is 0.00652. The van der Waals surface area contributed by atoms with Crippen LogP contribution in [0.15, 0.2) is 42.5 Å². The van der Waals surface area contributed by atoms with Gasteiger partial charge in [-0.3, -0.25) is 19.4 Å². The summed E-state index contributed by atoms with van der Waals surface area (Å²) in [5.41, 5.74) is 3.81. The van der Waals surface area contributed by atoms with Crippen LogP contribution < -0.4 is 9.64 Å². The van der Waals surface area contributed by atoms with E-state index in [4.69, 9.17) is 4.74 Å². The first kappa shape index (κ1) is 32.5. The smallest absolute Gasteiger partial charge is 0.254 e. The molecule has 5 rings (SSSR count). The Balaban J connectivity index is 1.39. The predicted octanol–water partition coefficient (Wildman–Crippen LogP) is 6.53. The van der Waals surface area contributed by atoms with Crippen molar-refractivity contribution in [1.29, 1.82) is 0 Å². The molecule has 2 aliphatic heterocycles. The average molecular weight is 603 g/mol. The lowest BCUT2D eigenvalue weighted by Crippen LogP contribution is -2.41. The Hall–Kier alpha value is -2.90. The number of aryl methyl sites for hydroxylation is 1. The van der Waals surface area contributed by atoms with Gasteiger partial charge in [0, 0.05) is 56.8 Å². The summed E-state index contributed by atoms with van der Waals surface area (Å²) in [7, 11) is 0. The predicted molar refractivity (Wildman–Crippen MR) is 178 cm³/mol. The number of anilines is 1. The van der Waals surface area contributed by atoms with E-state index in [9.17, 15) is 9.59 Å². The lowest BCUT2D eigenvalue weighted by atomic mass is 9.87. The van der Waals surface area contributed by atoms with Crippen molar-refractivity contribution < 1.29 is 14.3 Å². The normalized spacial score (nSPS) is 19.8. The Morgan fingerprint density at radius 2 is 1.59 bits per heavy atom. The lowest BCUT2D eigenvalue weighted by Gasteiger charge is -2.33. The molecule has 2 heterocycles. The zero-order valence-corrected chi connectivity index (χ0v) is 27.4. The molecule has 7 nitrogen and oxygen atoms in total. The Morgan fingerprint density at radius 1 is 0.841 bits per heavy atom. The number of benzene rings is 2. The molecule has 0 atom stereocenters. The van der Waals surface area contributed by atoms with Crippen molar-refractivity contribution >= 4 is 17.5 Å². The van der Waals surface area contributed by atoms with Crippen molar-refractivity contribution in [3.05, 3.63) is 59.2 Å². The van der Waals surface area contributed by atoms with Crippen molar-refractivity contribution in [3.63, 3.8) is 0 Å². The van der Waals surface area contributed by atoms with Gasteiger partial charge in [-0.1, -0.05) is 49.9 Å². The van der Waals surface area contributed by atoms with Gasteiger partial charge in [-0.2, -0.15) is 0 Å². The second kappa shape index (κ2) is 15.9. The number of piperidine rings is 1. The van der Waals surface area contributed by atoms with Crippen LogP contribution in [0, 0.1) is 12.8 Å². The molecule has 0 aromatic heterocycles. The number of likely N-dealkylation sites (tertiary alicyclic amines) is 1. The van der Waals surface area contributed by atoms with E-state index < -0.39 is 0 Å². The molecule has 2 fully saturated rings. The zero-order chi connectivity index (χ0) is 30.9. The Kier molecular flexibility index (Phi) is 11.7. The minimum Gasteiger partial charge on any atom is -0.492 e. The number of hydrogen-bond acceptors (Lipinski definition) is 5. The summed E-state index contributed by atoms with van der Waals surface area (Å²) in [5, 5.41) is 0. The summed E-state index contributed by atoms with van der Waals surface area (Å²) in [6.07, 6.45) is 10.2. The van der Waals surface area contributed by atoms with Crippen LogP contribution in [0.25, 0.3) is 0 Å². The van der Waals surface area contributed by atoms with Gasteiger partial charge < -0.3 is 14.5 Å². The highest BCUT2D eigenvalue weighted by Gasteiger charge is 2.30. The van der Waals surface area contributed by atoms with Gasteiger partial charge in [-0.25, -0.2) is 0 Å². The third-order valence-electron chi connectivity index (χ3n) is 9.88. The number of nitrogens with zero attached hydrogens (tertiary/aromatic N) is 4. The fourth-order valence-corrected chi connectivity index (χ4v) is 7.28. The first-order valence-corrected chi connectivity index (χ1v) is 17.3. The van der Waals surface area contributed by atoms with Gasteiger partial charge in [0.2, 0.25) is 5.91 Å². The molecule has 1 saturated carbocycles. The van der Waals surface area contributed by atoms with Gasteiger partial charge >= 0.3 is 0 Å². The molecule has 2 aromatic carbocycles. The van der Waals surface area contributed by atoms with E-state index in [0.29, 0.717) is 37.8 Å². The highest BCUT2D eigenvalue weighted by atomic mass is 16.5. The van der Waals surface area contributed by atoms with Crippen LogP contribution in [0.4, 0.5) is 5.69 Å².